The lowest BCUT2D eigenvalue weighted by molar-refractivity contribution is -0.121. The van der Waals surface area contributed by atoms with Crippen LogP contribution in [0.5, 0.6) is 17.2 Å². The van der Waals surface area contributed by atoms with Crippen molar-refractivity contribution in [1.29, 1.82) is 0 Å². The lowest BCUT2D eigenvalue weighted by atomic mass is 10.00. The number of benzene rings is 3. The number of phenolic OH excluding ortho intramolecular Hbond substituents is 2. The number of nitrogens with zero attached hydrogens (tertiary/aromatic N) is 4. The van der Waals surface area contributed by atoms with E-state index in [0.717, 1.165) is 16.8 Å². The number of fused-ring (bicyclic) bond motifs is 3. The second-order valence-electron chi connectivity index (χ2n) is 10.3. The third kappa shape index (κ3) is 6.68. The van der Waals surface area contributed by atoms with Crippen molar-refractivity contribution >= 4 is 29.1 Å². The highest BCUT2D eigenvalue weighted by Gasteiger charge is 2.30. The molecule has 44 heavy (non-hydrogen) atoms. The number of halogens is 1. The summed E-state index contributed by atoms with van der Waals surface area (Å²) in [6.07, 6.45) is 1.41. The number of carbonyl (C=O) groups excluding carboxylic acids is 2. The molecule has 1 aromatic heterocycles. The largest absolute Gasteiger partial charge is 0.504 e. The molecule has 5 rings (SSSR count). The summed E-state index contributed by atoms with van der Waals surface area (Å²) in [5, 5.41) is 34.4. The first kappa shape index (κ1) is 30.6. The van der Waals surface area contributed by atoms with Gasteiger partial charge in [-0.25, -0.2) is 0 Å². The summed E-state index contributed by atoms with van der Waals surface area (Å²) in [5.41, 5.74) is 3.15. The number of aryl methyl sites for hydroxylation is 1. The van der Waals surface area contributed by atoms with Crippen molar-refractivity contribution in [2.45, 2.75) is 39.2 Å². The zero-order valence-electron chi connectivity index (χ0n) is 24.4. The van der Waals surface area contributed by atoms with E-state index < -0.39 is 17.7 Å². The van der Waals surface area contributed by atoms with Gasteiger partial charge in [-0.3, -0.25) is 19.1 Å². The fourth-order valence-corrected chi connectivity index (χ4v) is 5.14. The van der Waals surface area contributed by atoms with Gasteiger partial charge in [0.2, 0.25) is 5.91 Å². The first-order chi connectivity index (χ1) is 21.3. The molecule has 0 aliphatic carbocycles. The average molecular weight is 617 g/mol. The molecular formula is C32H33ClN6O5. The number of carbonyl (C=O) groups is 2. The summed E-state index contributed by atoms with van der Waals surface area (Å²) in [7, 11) is 0. The summed E-state index contributed by atoms with van der Waals surface area (Å²) in [6.45, 7) is 5.02. The summed E-state index contributed by atoms with van der Waals surface area (Å²) in [4.78, 5) is 30.1. The van der Waals surface area contributed by atoms with Gasteiger partial charge in [0.05, 0.1) is 30.0 Å². The highest BCUT2D eigenvalue weighted by molar-refractivity contribution is 6.30. The van der Waals surface area contributed by atoms with Crippen molar-refractivity contribution in [1.82, 2.24) is 25.4 Å². The third-order valence-corrected chi connectivity index (χ3v) is 7.40. The van der Waals surface area contributed by atoms with Crippen LogP contribution in [0.3, 0.4) is 0 Å². The van der Waals surface area contributed by atoms with E-state index in [4.69, 9.17) is 21.3 Å². The van der Waals surface area contributed by atoms with Gasteiger partial charge in [-0.05, 0) is 69.2 Å². The van der Waals surface area contributed by atoms with Crippen LogP contribution in [0.2, 0.25) is 5.02 Å². The zero-order valence-corrected chi connectivity index (χ0v) is 25.1. The van der Waals surface area contributed by atoms with Crippen molar-refractivity contribution in [2.24, 2.45) is 4.99 Å². The van der Waals surface area contributed by atoms with Crippen LogP contribution >= 0.6 is 11.6 Å². The molecule has 1 aliphatic heterocycles. The van der Waals surface area contributed by atoms with Gasteiger partial charge >= 0.3 is 0 Å². The Morgan fingerprint density at radius 2 is 1.82 bits per heavy atom. The monoisotopic (exact) mass is 616 g/mol. The number of para-hydroxylation sites is 1. The number of nitrogens with one attached hydrogen (secondary N) is 2. The second kappa shape index (κ2) is 13.6. The Morgan fingerprint density at radius 3 is 2.59 bits per heavy atom. The number of hydrogen-bond donors (Lipinski definition) is 4. The van der Waals surface area contributed by atoms with Gasteiger partial charge in [0.25, 0.3) is 5.91 Å². The normalized spacial score (nSPS) is 13.7. The fourth-order valence-electron chi connectivity index (χ4n) is 5.01. The molecule has 0 fully saturated rings. The molecule has 0 radical (unpaired) electrons. The maximum absolute atomic E-state index is 12.7. The number of hydrogen-bond acceptors (Lipinski definition) is 8. The molecule has 0 spiro atoms. The summed E-state index contributed by atoms with van der Waals surface area (Å²) < 4.78 is 8.03. The molecule has 4 aromatic rings. The predicted molar refractivity (Wildman–Crippen MR) is 166 cm³/mol. The van der Waals surface area contributed by atoms with Gasteiger partial charge < -0.3 is 25.6 Å². The number of phenols is 2. The topological polar surface area (TPSA) is 151 Å². The van der Waals surface area contributed by atoms with Crippen LogP contribution in [0.1, 0.15) is 65.4 Å². The van der Waals surface area contributed by atoms with Crippen LogP contribution in [0.4, 0.5) is 0 Å². The maximum atomic E-state index is 12.7. The van der Waals surface area contributed by atoms with Crippen molar-refractivity contribution in [3.63, 3.8) is 0 Å². The second-order valence-corrected chi connectivity index (χ2v) is 10.7. The van der Waals surface area contributed by atoms with Crippen molar-refractivity contribution in [2.75, 3.05) is 19.7 Å². The molecule has 0 saturated carbocycles. The number of aliphatic imine (C=N–C) groups is 1. The van der Waals surface area contributed by atoms with Crippen molar-refractivity contribution < 1.29 is 24.5 Å². The molecule has 1 aliphatic rings. The SMILES string of the molecule is CCNC(=O)C[C@@H]1N=C(c2ccc(Cl)cc2)c2cc(OCCCCNC(=O)c3cccc(O)c3O)ccc2-n2c(C)nnc21. The minimum atomic E-state index is -0.567. The molecule has 2 heterocycles. The number of aromatic hydroxyl groups is 2. The smallest absolute Gasteiger partial charge is 0.255 e. The number of aromatic nitrogens is 3. The van der Waals surface area contributed by atoms with E-state index in [1.165, 1.54) is 18.2 Å². The third-order valence-electron chi connectivity index (χ3n) is 7.15. The Kier molecular flexibility index (Phi) is 9.44. The number of unbranched alkanes of at least 4 members (excludes halogenated alkanes) is 1. The van der Waals surface area contributed by atoms with Crippen LogP contribution in [0.25, 0.3) is 5.69 Å². The van der Waals surface area contributed by atoms with Crippen molar-refractivity contribution in [3.8, 4) is 22.9 Å². The zero-order chi connectivity index (χ0) is 31.2. The van der Waals surface area contributed by atoms with E-state index in [1.54, 1.807) is 12.1 Å². The molecule has 0 saturated heterocycles. The minimum Gasteiger partial charge on any atom is -0.504 e. The lowest BCUT2D eigenvalue weighted by Gasteiger charge is -2.15. The molecule has 12 heteroatoms. The highest BCUT2D eigenvalue weighted by atomic mass is 35.5. The molecule has 0 bridgehead atoms. The van der Waals surface area contributed by atoms with Crippen LogP contribution in [0, 0.1) is 6.92 Å². The molecular weight excluding hydrogens is 584 g/mol. The first-order valence-electron chi connectivity index (χ1n) is 14.4. The van der Waals surface area contributed by atoms with Crippen LogP contribution < -0.4 is 15.4 Å². The van der Waals surface area contributed by atoms with E-state index >= 15 is 0 Å². The Labute approximate surface area is 259 Å². The molecule has 0 unspecified atom stereocenters. The van der Waals surface area contributed by atoms with Crippen molar-refractivity contribution in [3.05, 3.63) is 94.0 Å². The number of rotatable bonds is 11. The molecule has 4 N–H and O–H groups in total. The van der Waals surface area contributed by atoms with Gasteiger partial charge in [-0.1, -0.05) is 29.8 Å². The first-order valence-corrected chi connectivity index (χ1v) is 14.7. The Bertz CT molecular complexity index is 1700. The molecule has 11 nitrogen and oxygen atoms in total. The minimum absolute atomic E-state index is 0.0177. The van der Waals surface area contributed by atoms with E-state index in [2.05, 4.69) is 20.8 Å². The molecule has 228 valence electrons. The number of amides is 2. The van der Waals surface area contributed by atoms with Gasteiger partial charge in [0, 0.05) is 29.2 Å². The Morgan fingerprint density at radius 1 is 1.02 bits per heavy atom. The number of ether oxygens (including phenoxy) is 1. The van der Waals surface area contributed by atoms with Gasteiger partial charge in [-0.15, -0.1) is 10.2 Å². The van der Waals surface area contributed by atoms with Gasteiger partial charge in [0.1, 0.15) is 17.6 Å². The molecule has 3 aromatic carbocycles. The maximum Gasteiger partial charge on any atom is 0.255 e. The summed E-state index contributed by atoms with van der Waals surface area (Å²) in [6, 6.07) is 16.8. The lowest BCUT2D eigenvalue weighted by Crippen LogP contribution is -2.25. The fraction of sp³-hybridized carbons (Fsp3) is 0.281. The molecule has 1 atom stereocenters. The van der Waals surface area contributed by atoms with Gasteiger partial charge in [0.15, 0.2) is 17.3 Å². The van der Waals surface area contributed by atoms with Crippen LogP contribution in [-0.2, 0) is 4.79 Å². The van der Waals surface area contributed by atoms with E-state index in [-0.39, 0.29) is 23.6 Å². The van der Waals surface area contributed by atoms with E-state index in [0.29, 0.717) is 60.7 Å². The Hall–Kier alpha value is -4.90. The standard InChI is InChI=1S/C32H33ClN6O5/c1-3-34-28(41)18-25-31-38-37-19(2)39(31)26-14-13-22(17-24(26)29(36-25)20-9-11-21(33)12-10-20)44-16-5-4-15-35-32(43)23-7-6-8-27(40)30(23)42/h6-14,17,25,40,42H,3-5,15-16,18H2,1-2H3,(H,34,41)(H,35,43)/t25-/m0/s1. The van der Waals surface area contributed by atoms with E-state index in [9.17, 15) is 19.8 Å². The van der Waals surface area contributed by atoms with Crippen LogP contribution in [0.15, 0.2) is 65.7 Å². The highest BCUT2D eigenvalue weighted by Crippen LogP contribution is 2.34. The van der Waals surface area contributed by atoms with Gasteiger partial charge in [-0.2, -0.15) is 0 Å². The average Bonchev–Trinajstić information content (AvgIpc) is 3.33. The van der Waals surface area contributed by atoms with Crippen LogP contribution in [-0.4, -0.2) is 62.2 Å². The Balaban J connectivity index is 1.34. The summed E-state index contributed by atoms with van der Waals surface area (Å²) in [5.74, 6) is 0.500. The quantitative estimate of drug-likeness (QED) is 0.141. The molecule has 2 amide bonds. The predicted octanol–water partition coefficient (Wildman–Crippen LogP) is 4.65. The summed E-state index contributed by atoms with van der Waals surface area (Å²) >= 11 is 6.19. The van der Waals surface area contributed by atoms with E-state index in [1.807, 2.05) is 48.7 Å².